The number of benzene rings is 3. The van der Waals surface area contributed by atoms with E-state index < -0.39 is 6.04 Å². The van der Waals surface area contributed by atoms with Gasteiger partial charge in [-0.25, -0.2) is 0 Å². The van der Waals surface area contributed by atoms with Crippen molar-refractivity contribution in [1.29, 1.82) is 0 Å². The summed E-state index contributed by atoms with van der Waals surface area (Å²) in [5.41, 5.74) is 4.43. The molecule has 0 heterocycles. The number of hydrogen-bond acceptors (Lipinski definition) is 5. The summed E-state index contributed by atoms with van der Waals surface area (Å²) < 4.78 is 16.3. The average Bonchev–Trinajstić information content (AvgIpc) is 2.76. The fraction of sp³-hybridized carbons (Fsp3) is 0.240. The van der Waals surface area contributed by atoms with Crippen LogP contribution in [-0.4, -0.2) is 27.2 Å². The number of nitrogens with one attached hydrogen (secondary N) is 2. The third-order valence-electron chi connectivity index (χ3n) is 4.86. The highest BCUT2D eigenvalue weighted by atomic mass is 16.5. The summed E-state index contributed by atoms with van der Waals surface area (Å²) in [7, 11) is 4.67. The zero-order valence-electron chi connectivity index (χ0n) is 18.5. The second-order valence-electron chi connectivity index (χ2n) is 7.27. The molecule has 1 amide bonds. The molecular weight excluding hydrogens is 392 g/mol. The Balaban J connectivity index is 1.96. The van der Waals surface area contributed by atoms with E-state index in [9.17, 15) is 4.79 Å². The Labute approximate surface area is 183 Å². The molecular formula is C25H28N2O4. The van der Waals surface area contributed by atoms with Gasteiger partial charge in [0.2, 0.25) is 5.75 Å². The van der Waals surface area contributed by atoms with Crippen molar-refractivity contribution in [2.75, 3.05) is 32.0 Å². The van der Waals surface area contributed by atoms with Gasteiger partial charge in [-0.1, -0.05) is 36.4 Å². The van der Waals surface area contributed by atoms with Gasteiger partial charge >= 0.3 is 0 Å². The molecule has 0 saturated heterocycles. The van der Waals surface area contributed by atoms with Crippen LogP contribution in [0, 0.1) is 13.8 Å². The van der Waals surface area contributed by atoms with E-state index in [2.05, 4.69) is 16.7 Å². The van der Waals surface area contributed by atoms with Crippen molar-refractivity contribution in [3.8, 4) is 17.2 Å². The summed E-state index contributed by atoms with van der Waals surface area (Å²) in [6.45, 7) is 4.01. The van der Waals surface area contributed by atoms with Gasteiger partial charge in [0.25, 0.3) is 5.91 Å². The van der Waals surface area contributed by atoms with E-state index in [1.807, 2.05) is 56.3 Å². The minimum absolute atomic E-state index is 0.176. The molecule has 0 fully saturated rings. The van der Waals surface area contributed by atoms with Crippen LogP contribution in [0.4, 0.5) is 11.4 Å². The summed E-state index contributed by atoms with van der Waals surface area (Å²) in [6, 6.07) is 18.5. The summed E-state index contributed by atoms with van der Waals surface area (Å²) >= 11 is 0. The molecule has 1 atom stereocenters. The lowest BCUT2D eigenvalue weighted by atomic mass is 10.0. The fourth-order valence-corrected chi connectivity index (χ4v) is 3.54. The summed E-state index contributed by atoms with van der Waals surface area (Å²) in [5, 5.41) is 6.35. The van der Waals surface area contributed by atoms with Crippen LogP contribution in [0.25, 0.3) is 0 Å². The minimum Gasteiger partial charge on any atom is -0.493 e. The van der Waals surface area contributed by atoms with Crippen molar-refractivity contribution >= 4 is 17.3 Å². The monoisotopic (exact) mass is 420 g/mol. The zero-order valence-corrected chi connectivity index (χ0v) is 18.5. The van der Waals surface area contributed by atoms with Crippen LogP contribution in [0.3, 0.4) is 0 Å². The van der Waals surface area contributed by atoms with Gasteiger partial charge in [-0.05, 0) is 42.7 Å². The number of hydrogen-bond donors (Lipinski definition) is 2. The molecule has 3 rings (SSSR count). The quantitative estimate of drug-likeness (QED) is 0.529. The largest absolute Gasteiger partial charge is 0.493 e. The zero-order chi connectivity index (χ0) is 22.4. The summed E-state index contributed by atoms with van der Waals surface area (Å²) in [6.07, 6.45) is 0. The standard InChI is InChI=1S/C25H28N2O4/c1-16-11-17(2)13-19(12-16)27-25(28)23(18-9-7-6-8-10-18)26-20-14-21(29-3)24(31-5)22(15-20)30-4/h6-15,23,26H,1-5H3,(H,27,28). The number of rotatable bonds is 8. The number of anilines is 2. The maximum Gasteiger partial charge on any atom is 0.251 e. The van der Waals surface area contributed by atoms with E-state index in [0.717, 1.165) is 22.4 Å². The van der Waals surface area contributed by atoms with Crippen LogP contribution in [0.15, 0.2) is 60.7 Å². The van der Waals surface area contributed by atoms with Crippen molar-refractivity contribution in [3.63, 3.8) is 0 Å². The van der Waals surface area contributed by atoms with Gasteiger partial charge in [-0.3, -0.25) is 4.79 Å². The van der Waals surface area contributed by atoms with Gasteiger partial charge in [0.05, 0.1) is 21.3 Å². The number of amides is 1. The van der Waals surface area contributed by atoms with Crippen LogP contribution in [-0.2, 0) is 4.79 Å². The van der Waals surface area contributed by atoms with E-state index in [0.29, 0.717) is 22.9 Å². The maximum atomic E-state index is 13.3. The van der Waals surface area contributed by atoms with Gasteiger partial charge in [-0.15, -0.1) is 0 Å². The van der Waals surface area contributed by atoms with Crippen molar-refractivity contribution in [3.05, 3.63) is 77.4 Å². The number of carbonyl (C=O) groups is 1. The van der Waals surface area contributed by atoms with E-state index in [4.69, 9.17) is 14.2 Å². The molecule has 2 N–H and O–H groups in total. The molecule has 1 unspecified atom stereocenters. The molecule has 0 spiro atoms. The van der Waals surface area contributed by atoms with Gasteiger partial charge in [0.1, 0.15) is 6.04 Å². The molecule has 0 bridgehead atoms. The van der Waals surface area contributed by atoms with Crippen LogP contribution in [0.2, 0.25) is 0 Å². The lowest BCUT2D eigenvalue weighted by Crippen LogP contribution is -2.27. The lowest BCUT2D eigenvalue weighted by molar-refractivity contribution is -0.117. The molecule has 6 heteroatoms. The molecule has 3 aromatic carbocycles. The number of carbonyl (C=O) groups excluding carboxylic acids is 1. The lowest BCUT2D eigenvalue weighted by Gasteiger charge is -2.22. The highest BCUT2D eigenvalue weighted by Crippen LogP contribution is 2.40. The summed E-state index contributed by atoms with van der Waals surface area (Å²) in [5.74, 6) is 1.33. The second-order valence-corrected chi connectivity index (χ2v) is 7.27. The first-order valence-electron chi connectivity index (χ1n) is 9.95. The molecule has 31 heavy (non-hydrogen) atoms. The topological polar surface area (TPSA) is 68.8 Å². The molecule has 0 saturated carbocycles. The van der Waals surface area contributed by atoms with Gasteiger partial charge < -0.3 is 24.8 Å². The van der Waals surface area contributed by atoms with Crippen LogP contribution < -0.4 is 24.8 Å². The Morgan fingerprint density at radius 1 is 0.774 bits per heavy atom. The van der Waals surface area contributed by atoms with Crippen molar-refractivity contribution in [2.24, 2.45) is 0 Å². The Morgan fingerprint density at radius 3 is 1.87 bits per heavy atom. The predicted octanol–water partition coefficient (Wildman–Crippen LogP) is 5.12. The SMILES string of the molecule is COc1cc(NC(C(=O)Nc2cc(C)cc(C)c2)c2ccccc2)cc(OC)c1OC. The maximum absolute atomic E-state index is 13.3. The Bertz CT molecular complexity index is 1010. The van der Waals surface area contributed by atoms with Crippen LogP contribution in [0.5, 0.6) is 17.2 Å². The number of ether oxygens (including phenoxy) is 3. The third kappa shape index (κ3) is 5.28. The molecule has 0 radical (unpaired) electrons. The molecule has 3 aromatic rings. The first-order chi connectivity index (χ1) is 14.9. The first-order valence-corrected chi connectivity index (χ1v) is 9.95. The van der Waals surface area contributed by atoms with Crippen molar-refractivity contribution < 1.29 is 19.0 Å². The first kappa shape index (κ1) is 22.0. The average molecular weight is 421 g/mol. The molecule has 0 aromatic heterocycles. The Hall–Kier alpha value is -3.67. The van der Waals surface area contributed by atoms with E-state index >= 15 is 0 Å². The Kier molecular flexibility index (Phi) is 7.03. The highest BCUT2D eigenvalue weighted by molar-refractivity contribution is 5.97. The van der Waals surface area contributed by atoms with Gasteiger partial charge in [-0.2, -0.15) is 0 Å². The van der Waals surface area contributed by atoms with Crippen molar-refractivity contribution in [1.82, 2.24) is 0 Å². The highest BCUT2D eigenvalue weighted by Gasteiger charge is 2.23. The Morgan fingerprint density at radius 2 is 1.35 bits per heavy atom. The number of methoxy groups -OCH3 is 3. The molecule has 0 aliphatic heterocycles. The minimum atomic E-state index is -0.634. The normalized spacial score (nSPS) is 11.4. The van der Waals surface area contributed by atoms with Gasteiger partial charge in [0, 0.05) is 23.5 Å². The second kappa shape index (κ2) is 9.89. The third-order valence-corrected chi connectivity index (χ3v) is 4.86. The van der Waals surface area contributed by atoms with E-state index in [1.165, 1.54) is 0 Å². The smallest absolute Gasteiger partial charge is 0.251 e. The van der Waals surface area contributed by atoms with Gasteiger partial charge in [0.15, 0.2) is 11.5 Å². The fourth-order valence-electron chi connectivity index (χ4n) is 3.54. The molecule has 162 valence electrons. The molecule has 6 nitrogen and oxygen atoms in total. The van der Waals surface area contributed by atoms with E-state index in [1.54, 1.807) is 33.5 Å². The molecule has 0 aliphatic carbocycles. The van der Waals surface area contributed by atoms with Crippen molar-refractivity contribution in [2.45, 2.75) is 19.9 Å². The predicted molar refractivity (Wildman–Crippen MR) is 123 cm³/mol. The van der Waals surface area contributed by atoms with E-state index in [-0.39, 0.29) is 5.91 Å². The van der Waals surface area contributed by atoms with Crippen LogP contribution in [0.1, 0.15) is 22.7 Å². The van der Waals surface area contributed by atoms with Crippen LogP contribution >= 0.6 is 0 Å². The molecule has 0 aliphatic rings. The number of aryl methyl sites for hydroxylation is 2. The summed E-state index contributed by atoms with van der Waals surface area (Å²) in [4.78, 5) is 13.3.